The average Bonchev–Trinajstić information content (AvgIpc) is 2.98. The monoisotopic (exact) mass is 402 g/mol. The Morgan fingerprint density at radius 3 is 2.41 bits per heavy atom. The van der Waals surface area contributed by atoms with Gasteiger partial charge in [-0.2, -0.15) is 0 Å². The fourth-order valence-electron chi connectivity index (χ4n) is 3.20. The lowest BCUT2D eigenvalue weighted by molar-refractivity contribution is -0.123. The Morgan fingerprint density at radius 2 is 1.74 bits per heavy atom. The molecule has 27 heavy (non-hydrogen) atoms. The maximum Gasteiger partial charge on any atom is 0.154 e. The number of benzene rings is 2. The van der Waals surface area contributed by atoms with E-state index in [1.807, 2.05) is 48.7 Å². The van der Waals surface area contributed by atoms with Crippen LogP contribution in [-0.2, 0) is 11.3 Å². The second kappa shape index (κ2) is 8.05. The predicted molar refractivity (Wildman–Crippen MR) is 113 cm³/mol. The zero-order chi connectivity index (χ0) is 19.6. The number of aromatic amines is 1. The lowest BCUT2D eigenvalue weighted by Crippen LogP contribution is -2.30. The molecule has 1 heterocycles. The van der Waals surface area contributed by atoms with Crippen molar-refractivity contribution in [2.75, 3.05) is 0 Å². The van der Waals surface area contributed by atoms with Crippen molar-refractivity contribution in [3.8, 4) is 0 Å². The van der Waals surface area contributed by atoms with E-state index in [0.29, 0.717) is 23.0 Å². The third kappa shape index (κ3) is 5.13. The maximum absolute atomic E-state index is 13.1. The van der Waals surface area contributed by atoms with E-state index in [4.69, 9.17) is 23.2 Å². The Balaban J connectivity index is 1.90. The van der Waals surface area contributed by atoms with Gasteiger partial charge in [-0.05, 0) is 35.2 Å². The van der Waals surface area contributed by atoms with Gasteiger partial charge in [0.25, 0.3) is 0 Å². The summed E-state index contributed by atoms with van der Waals surface area (Å²) in [5.41, 5.74) is 2.88. The van der Waals surface area contributed by atoms with E-state index in [1.165, 1.54) is 0 Å². The summed E-state index contributed by atoms with van der Waals surface area (Å²) in [4.78, 5) is 16.4. The number of rotatable bonds is 6. The van der Waals surface area contributed by atoms with Crippen molar-refractivity contribution in [2.24, 2.45) is 5.41 Å². The topological polar surface area (TPSA) is 44.9 Å². The van der Waals surface area contributed by atoms with Gasteiger partial charge in [-0.25, -0.2) is 0 Å². The number of halogens is 2. The largest absolute Gasteiger partial charge is 0.361 e. The van der Waals surface area contributed by atoms with Crippen LogP contribution in [0.15, 0.2) is 48.7 Å². The van der Waals surface area contributed by atoms with Gasteiger partial charge < -0.3 is 4.98 Å². The molecule has 0 amide bonds. The van der Waals surface area contributed by atoms with Crippen molar-refractivity contribution >= 4 is 39.9 Å². The highest BCUT2D eigenvalue weighted by molar-refractivity contribution is 6.31. The van der Waals surface area contributed by atoms with Crippen LogP contribution in [0, 0.1) is 5.41 Å². The first-order valence-corrected chi connectivity index (χ1v) is 9.76. The number of carbonyl (C=O) groups is 1. The molecule has 0 fully saturated rings. The van der Waals surface area contributed by atoms with Gasteiger partial charge in [-0.15, -0.1) is 0 Å². The minimum Gasteiger partial charge on any atom is -0.361 e. The molecule has 1 unspecified atom stereocenters. The molecule has 0 spiro atoms. The van der Waals surface area contributed by atoms with E-state index in [2.05, 4.69) is 31.1 Å². The zero-order valence-corrected chi connectivity index (χ0v) is 17.3. The van der Waals surface area contributed by atoms with E-state index < -0.39 is 6.04 Å². The van der Waals surface area contributed by atoms with Crippen LogP contribution in [-0.4, -0.2) is 10.8 Å². The summed E-state index contributed by atoms with van der Waals surface area (Å²) in [6.45, 7) is 6.82. The molecule has 142 valence electrons. The van der Waals surface area contributed by atoms with Crippen LogP contribution in [0.4, 0.5) is 0 Å². The molecule has 3 rings (SSSR count). The van der Waals surface area contributed by atoms with Crippen LogP contribution in [0.25, 0.3) is 10.9 Å². The standard InChI is InChI=1S/C22H24Cl2N2O/c1-22(2,3)11-20(27)21(26-12-14-4-6-15(23)7-5-14)18-13-25-19-10-16(24)8-9-17(18)19/h4-10,13,21,25-26H,11-12H2,1-3H3. The van der Waals surface area contributed by atoms with Gasteiger partial charge in [0, 0.05) is 45.7 Å². The highest BCUT2D eigenvalue weighted by Gasteiger charge is 2.27. The molecule has 0 aliphatic rings. The first-order valence-electron chi connectivity index (χ1n) is 9.00. The van der Waals surface area contributed by atoms with Crippen LogP contribution in [0.5, 0.6) is 0 Å². The molecule has 1 aromatic heterocycles. The minimum absolute atomic E-state index is 0.0767. The summed E-state index contributed by atoms with van der Waals surface area (Å²) in [6, 6.07) is 13.0. The van der Waals surface area contributed by atoms with Gasteiger partial charge in [0.15, 0.2) is 5.78 Å². The van der Waals surface area contributed by atoms with Gasteiger partial charge in [0.05, 0.1) is 6.04 Å². The molecule has 3 aromatic rings. The minimum atomic E-state index is -0.394. The number of carbonyl (C=O) groups excluding carboxylic acids is 1. The number of H-pyrrole nitrogens is 1. The molecular weight excluding hydrogens is 379 g/mol. The maximum atomic E-state index is 13.1. The van der Waals surface area contributed by atoms with Crippen LogP contribution < -0.4 is 5.32 Å². The number of fused-ring (bicyclic) bond motifs is 1. The summed E-state index contributed by atoms with van der Waals surface area (Å²) in [5, 5.41) is 5.82. The Labute approximate surface area is 170 Å². The number of ketones is 1. The van der Waals surface area contributed by atoms with Crippen molar-refractivity contribution in [1.82, 2.24) is 10.3 Å². The number of aromatic nitrogens is 1. The number of Topliss-reactive ketones (excluding diaryl/α,β-unsaturated/α-hetero) is 1. The normalized spacial score (nSPS) is 13.1. The molecule has 1 atom stereocenters. The molecule has 0 saturated heterocycles. The molecule has 2 aromatic carbocycles. The quantitative estimate of drug-likeness (QED) is 0.507. The molecule has 5 heteroatoms. The predicted octanol–water partition coefficient (Wildman–Crippen LogP) is 6.31. The third-order valence-corrected chi connectivity index (χ3v) is 4.92. The first kappa shape index (κ1) is 19.9. The highest BCUT2D eigenvalue weighted by atomic mass is 35.5. The Hall–Kier alpha value is -1.81. The summed E-state index contributed by atoms with van der Waals surface area (Å²) < 4.78 is 0. The summed E-state index contributed by atoms with van der Waals surface area (Å²) in [6.07, 6.45) is 2.40. The zero-order valence-electron chi connectivity index (χ0n) is 15.8. The molecule has 0 aliphatic carbocycles. The van der Waals surface area contributed by atoms with Gasteiger partial charge in [-0.3, -0.25) is 10.1 Å². The van der Waals surface area contributed by atoms with Crippen molar-refractivity contribution in [2.45, 2.75) is 39.8 Å². The summed E-state index contributed by atoms with van der Waals surface area (Å²) in [5.74, 6) is 0.173. The molecule has 2 N–H and O–H groups in total. The number of nitrogens with one attached hydrogen (secondary N) is 2. The fraction of sp³-hybridized carbons (Fsp3) is 0.318. The lowest BCUT2D eigenvalue weighted by atomic mass is 9.86. The molecular formula is C22H24Cl2N2O. The van der Waals surface area contributed by atoms with Gasteiger partial charge in [0.1, 0.15) is 0 Å². The second-order valence-corrected chi connectivity index (χ2v) is 8.95. The van der Waals surface area contributed by atoms with Crippen molar-refractivity contribution in [3.05, 3.63) is 69.8 Å². The Bertz CT molecular complexity index is 939. The van der Waals surface area contributed by atoms with E-state index in [0.717, 1.165) is 22.0 Å². The average molecular weight is 403 g/mol. The van der Waals surface area contributed by atoms with E-state index in [-0.39, 0.29) is 11.2 Å². The SMILES string of the molecule is CC(C)(C)CC(=O)C(NCc1ccc(Cl)cc1)c1c[nH]c2cc(Cl)ccc12. The van der Waals surface area contributed by atoms with Crippen LogP contribution in [0.3, 0.4) is 0 Å². The van der Waals surface area contributed by atoms with E-state index >= 15 is 0 Å². The van der Waals surface area contributed by atoms with Gasteiger partial charge in [0.2, 0.25) is 0 Å². The third-order valence-electron chi connectivity index (χ3n) is 4.44. The molecule has 0 saturated carbocycles. The van der Waals surface area contributed by atoms with Crippen molar-refractivity contribution in [1.29, 1.82) is 0 Å². The van der Waals surface area contributed by atoms with Crippen LogP contribution >= 0.6 is 23.2 Å². The number of hydrogen-bond acceptors (Lipinski definition) is 2. The van der Waals surface area contributed by atoms with Crippen LogP contribution in [0.1, 0.15) is 44.4 Å². The van der Waals surface area contributed by atoms with Crippen LogP contribution in [0.2, 0.25) is 10.0 Å². The molecule has 0 bridgehead atoms. The van der Waals surface area contributed by atoms with Gasteiger partial charge >= 0.3 is 0 Å². The highest BCUT2D eigenvalue weighted by Crippen LogP contribution is 2.30. The fourth-order valence-corrected chi connectivity index (χ4v) is 3.50. The van der Waals surface area contributed by atoms with Crippen molar-refractivity contribution in [3.63, 3.8) is 0 Å². The summed E-state index contributed by atoms with van der Waals surface area (Å²) in [7, 11) is 0. The van der Waals surface area contributed by atoms with Crippen molar-refractivity contribution < 1.29 is 4.79 Å². The Morgan fingerprint density at radius 1 is 1.07 bits per heavy atom. The van der Waals surface area contributed by atoms with E-state index in [9.17, 15) is 4.79 Å². The first-order chi connectivity index (χ1) is 12.7. The smallest absolute Gasteiger partial charge is 0.154 e. The molecule has 0 radical (unpaired) electrons. The summed E-state index contributed by atoms with van der Waals surface area (Å²) >= 11 is 12.1. The number of hydrogen-bond donors (Lipinski definition) is 2. The van der Waals surface area contributed by atoms with E-state index in [1.54, 1.807) is 0 Å². The Kier molecular flexibility index (Phi) is 5.95. The molecule has 3 nitrogen and oxygen atoms in total. The molecule has 0 aliphatic heterocycles. The lowest BCUT2D eigenvalue weighted by Gasteiger charge is -2.23. The second-order valence-electron chi connectivity index (χ2n) is 8.08. The van der Waals surface area contributed by atoms with Gasteiger partial charge in [-0.1, -0.05) is 62.2 Å².